The van der Waals surface area contributed by atoms with Gasteiger partial charge in [-0.05, 0) is 46.3 Å². The summed E-state index contributed by atoms with van der Waals surface area (Å²) in [6.07, 6.45) is 6.36. The van der Waals surface area contributed by atoms with Gasteiger partial charge in [-0.2, -0.15) is 0 Å². The summed E-state index contributed by atoms with van der Waals surface area (Å²) in [4.78, 5) is 13.5. The first kappa shape index (κ1) is 22.6. The first-order valence-electron chi connectivity index (χ1n) is 8.55. The van der Waals surface area contributed by atoms with Crippen molar-refractivity contribution in [3.05, 3.63) is 38.3 Å². The van der Waals surface area contributed by atoms with Crippen LogP contribution in [0.1, 0.15) is 43.7 Å². The van der Waals surface area contributed by atoms with E-state index in [0.29, 0.717) is 16.4 Å². The Labute approximate surface area is 170 Å². The van der Waals surface area contributed by atoms with Gasteiger partial charge < -0.3 is 5.32 Å². The molecule has 1 saturated carbocycles. The largest absolute Gasteiger partial charge is 0.314 e. The molecule has 0 bridgehead atoms. The number of hydrogen-bond donors (Lipinski definition) is 1. The highest BCUT2D eigenvalue weighted by Gasteiger charge is 2.32. The first-order valence-corrected chi connectivity index (χ1v) is 9.35. The summed E-state index contributed by atoms with van der Waals surface area (Å²) >= 11 is 3.31. The van der Waals surface area contributed by atoms with Gasteiger partial charge in [0, 0.05) is 38.3 Å². The van der Waals surface area contributed by atoms with Gasteiger partial charge in [-0.1, -0.05) is 25.3 Å². The maximum absolute atomic E-state index is 11.3. The van der Waals surface area contributed by atoms with Crippen molar-refractivity contribution in [2.75, 3.05) is 26.2 Å². The van der Waals surface area contributed by atoms with Crippen molar-refractivity contribution >= 4 is 46.4 Å². The molecule has 1 aliphatic heterocycles. The Morgan fingerprint density at radius 2 is 1.80 bits per heavy atom. The maximum Gasteiger partial charge on any atom is 0.283 e. The molecule has 0 unspecified atom stereocenters. The van der Waals surface area contributed by atoms with Crippen LogP contribution in [0.4, 0.5) is 5.69 Å². The van der Waals surface area contributed by atoms with Gasteiger partial charge in [-0.3, -0.25) is 15.0 Å². The molecule has 1 heterocycles. The van der Waals surface area contributed by atoms with Gasteiger partial charge in [0.25, 0.3) is 5.69 Å². The Morgan fingerprint density at radius 3 is 2.40 bits per heavy atom. The summed E-state index contributed by atoms with van der Waals surface area (Å²) < 4.78 is 0.564. The number of benzene rings is 1. The summed E-state index contributed by atoms with van der Waals surface area (Å²) in [6.45, 7) is 4.04. The lowest BCUT2D eigenvalue weighted by Gasteiger charge is -2.41. The van der Waals surface area contributed by atoms with Crippen molar-refractivity contribution in [3.8, 4) is 0 Å². The average Bonchev–Trinajstić information content (AvgIpc) is 2.58. The van der Waals surface area contributed by atoms with E-state index in [0.717, 1.165) is 31.7 Å². The SMILES string of the molecule is Cl.Cl.O=[N+]([O-])c1cc([C@@H](C2CCCCC2)N2CCNCC2)ccc1Br. The van der Waals surface area contributed by atoms with E-state index in [2.05, 4.69) is 32.2 Å². The van der Waals surface area contributed by atoms with Crippen LogP contribution in [-0.4, -0.2) is 36.0 Å². The minimum absolute atomic E-state index is 0. The molecule has 1 aromatic rings. The lowest BCUT2D eigenvalue weighted by molar-refractivity contribution is -0.385. The smallest absolute Gasteiger partial charge is 0.283 e. The third-order valence-electron chi connectivity index (χ3n) is 5.15. The van der Waals surface area contributed by atoms with Crippen LogP contribution in [0, 0.1) is 16.0 Å². The van der Waals surface area contributed by atoms with E-state index in [4.69, 9.17) is 0 Å². The Morgan fingerprint density at radius 1 is 1.16 bits per heavy atom. The zero-order valence-corrected chi connectivity index (χ0v) is 17.4. The van der Waals surface area contributed by atoms with E-state index in [-0.39, 0.29) is 35.4 Å². The van der Waals surface area contributed by atoms with E-state index in [9.17, 15) is 10.1 Å². The fourth-order valence-corrected chi connectivity index (χ4v) is 4.44. The predicted molar refractivity (Wildman–Crippen MR) is 109 cm³/mol. The minimum atomic E-state index is -0.288. The van der Waals surface area contributed by atoms with Crippen molar-refractivity contribution in [3.63, 3.8) is 0 Å². The fourth-order valence-electron chi connectivity index (χ4n) is 4.04. The molecule has 1 aliphatic carbocycles. The molecule has 3 rings (SSSR count). The third-order valence-corrected chi connectivity index (χ3v) is 5.82. The number of piperazine rings is 1. The number of rotatable bonds is 4. The molecule has 1 atom stereocenters. The summed E-state index contributed by atoms with van der Waals surface area (Å²) in [5, 5.41) is 14.7. The Kier molecular flexibility index (Phi) is 9.67. The van der Waals surface area contributed by atoms with Crippen LogP contribution in [-0.2, 0) is 0 Å². The number of nitro benzene ring substituents is 1. The van der Waals surface area contributed by atoms with Crippen LogP contribution >= 0.6 is 40.7 Å². The van der Waals surface area contributed by atoms with Gasteiger partial charge in [0.15, 0.2) is 0 Å². The van der Waals surface area contributed by atoms with Crippen LogP contribution in [0.5, 0.6) is 0 Å². The average molecular weight is 455 g/mol. The van der Waals surface area contributed by atoms with E-state index >= 15 is 0 Å². The molecule has 0 radical (unpaired) electrons. The molecule has 1 N–H and O–H groups in total. The number of halogens is 3. The van der Waals surface area contributed by atoms with E-state index < -0.39 is 0 Å². The number of hydrogen-bond acceptors (Lipinski definition) is 4. The normalized spacial score (nSPS) is 20.2. The molecule has 5 nitrogen and oxygen atoms in total. The van der Waals surface area contributed by atoms with Crippen molar-refractivity contribution in [2.45, 2.75) is 38.1 Å². The van der Waals surface area contributed by atoms with E-state index in [1.807, 2.05) is 6.07 Å². The van der Waals surface area contributed by atoms with Gasteiger partial charge >= 0.3 is 0 Å². The van der Waals surface area contributed by atoms with Gasteiger partial charge in [0.1, 0.15) is 0 Å². The van der Waals surface area contributed by atoms with Crippen LogP contribution < -0.4 is 5.32 Å². The number of nitrogens with zero attached hydrogens (tertiary/aromatic N) is 2. The second-order valence-electron chi connectivity index (χ2n) is 6.60. The lowest BCUT2D eigenvalue weighted by atomic mass is 9.80. The van der Waals surface area contributed by atoms with Crippen LogP contribution in [0.2, 0.25) is 0 Å². The molecule has 1 saturated heterocycles. The second-order valence-corrected chi connectivity index (χ2v) is 7.45. The minimum Gasteiger partial charge on any atom is -0.314 e. The lowest BCUT2D eigenvalue weighted by Crippen LogP contribution is -2.47. The quantitative estimate of drug-likeness (QED) is 0.527. The Bertz CT molecular complexity index is 547. The fraction of sp³-hybridized carbons (Fsp3) is 0.647. The Hall–Kier alpha value is -0.400. The molecule has 0 aromatic heterocycles. The van der Waals surface area contributed by atoms with Gasteiger partial charge in [-0.15, -0.1) is 24.8 Å². The molecular formula is C17H26BrCl2N3O2. The molecule has 1 aromatic carbocycles. The monoisotopic (exact) mass is 453 g/mol. The van der Waals surface area contributed by atoms with Crippen molar-refractivity contribution in [1.29, 1.82) is 0 Å². The van der Waals surface area contributed by atoms with Gasteiger partial charge in [0.2, 0.25) is 0 Å². The van der Waals surface area contributed by atoms with Gasteiger partial charge in [0.05, 0.1) is 9.40 Å². The van der Waals surface area contributed by atoms with Crippen LogP contribution in [0.15, 0.2) is 22.7 Å². The highest BCUT2D eigenvalue weighted by molar-refractivity contribution is 9.10. The maximum atomic E-state index is 11.3. The topological polar surface area (TPSA) is 58.4 Å². The second kappa shape index (κ2) is 10.7. The number of nitro groups is 1. The zero-order valence-electron chi connectivity index (χ0n) is 14.2. The molecule has 8 heteroatoms. The Balaban J connectivity index is 0.00000156. The predicted octanol–water partition coefficient (Wildman–Crippen LogP) is 4.73. The highest BCUT2D eigenvalue weighted by Crippen LogP contribution is 2.40. The summed E-state index contributed by atoms with van der Waals surface area (Å²) in [7, 11) is 0. The molecule has 2 fully saturated rings. The third kappa shape index (κ3) is 5.54. The molecule has 142 valence electrons. The van der Waals surface area contributed by atoms with Crippen LogP contribution in [0.3, 0.4) is 0 Å². The van der Waals surface area contributed by atoms with E-state index in [1.54, 1.807) is 6.07 Å². The van der Waals surface area contributed by atoms with Crippen molar-refractivity contribution in [1.82, 2.24) is 10.2 Å². The van der Waals surface area contributed by atoms with Crippen LogP contribution in [0.25, 0.3) is 0 Å². The number of nitrogens with one attached hydrogen (secondary N) is 1. The molecule has 0 spiro atoms. The first-order chi connectivity index (χ1) is 11.2. The molecule has 25 heavy (non-hydrogen) atoms. The molecule has 2 aliphatic rings. The molecular weight excluding hydrogens is 429 g/mol. The summed E-state index contributed by atoms with van der Waals surface area (Å²) in [5.41, 5.74) is 1.28. The van der Waals surface area contributed by atoms with E-state index in [1.165, 1.54) is 32.1 Å². The zero-order chi connectivity index (χ0) is 16.2. The van der Waals surface area contributed by atoms with Gasteiger partial charge in [-0.25, -0.2) is 0 Å². The summed E-state index contributed by atoms with van der Waals surface area (Å²) in [5.74, 6) is 0.614. The highest BCUT2D eigenvalue weighted by atomic mass is 79.9. The van der Waals surface area contributed by atoms with Crippen molar-refractivity contribution < 1.29 is 4.92 Å². The molecule has 0 amide bonds. The standard InChI is InChI=1S/C17H24BrN3O2.2ClH/c18-15-7-6-14(12-16(15)21(22)23)17(13-4-2-1-3-5-13)20-10-8-19-9-11-20;;/h6-7,12-13,17,19H,1-5,8-11H2;2*1H/t17-;;/m1../s1. The van der Waals surface area contributed by atoms with Crippen molar-refractivity contribution in [2.24, 2.45) is 5.92 Å². The summed E-state index contributed by atoms with van der Waals surface area (Å²) in [6, 6.07) is 6.00.